The van der Waals surface area contributed by atoms with Gasteiger partial charge in [-0.05, 0) is 47.1 Å². The number of nitrogens with zero attached hydrogens (tertiary/aromatic N) is 1. The summed E-state index contributed by atoms with van der Waals surface area (Å²) in [6, 6.07) is 0.143. The van der Waals surface area contributed by atoms with Crippen molar-refractivity contribution < 1.29 is 4.79 Å². The molecule has 0 aromatic heterocycles. The first-order valence-corrected chi connectivity index (χ1v) is 6.11. The molecule has 1 heterocycles. The van der Waals surface area contributed by atoms with Gasteiger partial charge < -0.3 is 11.1 Å². The molecule has 1 amide bonds. The van der Waals surface area contributed by atoms with Gasteiger partial charge in [0.25, 0.3) is 0 Å². The van der Waals surface area contributed by atoms with Crippen LogP contribution in [0.5, 0.6) is 0 Å². The summed E-state index contributed by atoms with van der Waals surface area (Å²) in [5.74, 6) is 0.0987. The Bertz CT molecular complexity index is 253. The van der Waals surface area contributed by atoms with Crippen LogP contribution in [0.2, 0.25) is 0 Å². The fourth-order valence-electron chi connectivity index (χ4n) is 2.03. The van der Waals surface area contributed by atoms with E-state index in [9.17, 15) is 4.79 Å². The average molecular weight is 264 g/mol. The van der Waals surface area contributed by atoms with Crippen molar-refractivity contribution in [3.05, 3.63) is 0 Å². The number of piperidine rings is 1. The summed E-state index contributed by atoms with van der Waals surface area (Å²) >= 11 is 0. The van der Waals surface area contributed by atoms with Crippen molar-refractivity contribution in [1.82, 2.24) is 10.2 Å². The van der Waals surface area contributed by atoms with E-state index in [0.29, 0.717) is 0 Å². The quantitative estimate of drug-likeness (QED) is 0.785. The molecule has 5 heteroatoms. The molecule has 1 aliphatic heterocycles. The SMILES string of the molecule is CC(C(=O)NC(C)(C)C)N1CCCC(N)C1.Cl. The molecule has 1 fully saturated rings. The number of likely N-dealkylation sites (tertiary alicyclic amines) is 1. The first-order chi connectivity index (χ1) is 7.29. The molecule has 1 saturated heterocycles. The van der Waals surface area contributed by atoms with Crippen molar-refractivity contribution in [2.24, 2.45) is 5.73 Å². The summed E-state index contributed by atoms with van der Waals surface area (Å²) in [6.07, 6.45) is 2.17. The highest BCUT2D eigenvalue weighted by Crippen LogP contribution is 2.12. The van der Waals surface area contributed by atoms with Crippen LogP contribution in [0.25, 0.3) is 0 Å². The lowest BCUT2D eigenvalue weighted by Gasteiger charge is -2.35. The Kier molecular flexibility index (Phi) is 6.45. The average Bonchev–Trinajstić information content (AvgIpc) is 2.14. The number of carbonyl (C=O) groups excluding carboxylic acids is 1. The molecule has 0 bridgehead atoms. The zero-order valence-electron chi connectivity index (χ0n) is 11.3. The van der Waals surface area contributed by atoms with E-state index < -0.39 is 0 Å². The molecule has 0 spiro atoms. The first kappa shape index (κ1) is 16.7. The van der Waals surface area contributed by atoms with Crippen molar-refractivity contribution >= 4 is 18.3 Å². The molecular weight excluding hydrogens is 238 g/mol. The topological polar surface area (TPSA) is 58.4 Å². The van der Waals surface area contributed by atoms with Crippen LogP contribution in [0.3, 0.4) is 0 Å². The third-order valence-electron chi connectivity index (χ3n) is 2.91. The van der Waals surface area contributed by atoms with Gasteiger partial charge >= 0.3 is 0 Å². The van der Waals surface area contributed by atoms with Crippen LogP contribution in [0, 0.1) is 0 Å². The Morgan fingerprint density at radius 1 is 1.47 bits per heavy atom. The Balaban J connectivity index is 0.00000256. The standard InChI is InChI=1S/C12H25N3O.ClH/c1-9(11(16)14-12(2,3)4)15-7-5-6-10(13)8-15;/h9-10H,5-8,13H2,1-4H3,(H,14,16);1H. The Morgan fingerprint density at radius 2 is 2.06 bits per heavy atom. The summed E-state index contributed by atoms with van der Waals surface area (Å²) in [7, 11) is 0. The van der Waals surface area contributed by atoms with Gasteiger partial charge in [0.2, 0.25) is 5.91 Å². The van der Waals surface area contributed by atoms with Crippen LogP contribution < -0.4 is 11.1 Å². The fraction of sp³-hybridized carbons (Fsp3) is 0.917. The van der Waals surface area contributed by atoms with Crippen molar-refractivity contribution in [2.45, 2.75) is 58.2 Å². The number of hydrogen-bond acceptors (Lipinski definition) is 3. The third kappa shape index (κ3) is 5.70. The molecule has 2 atom stereocenters. The predicted octanol–water partition coefficient (Wildman–Crippen LogP) is 1.13. The van der Waals surface area contributed by atoms with Gasteiger partial charge in [-0.1, -0.05) is 0 Å². The van der Waals surface area contributed by atoms with E-state index >= 15 is 0 Å². The molecule has 3 N–H and O–H groups in total. The van der Waals surface area contributed by atoms with Gasteiger partial charge in [-0.3, -0.25) is 9.69 Å². The highest BCUT2D eigenvalue weighted by atomic mass is 35.5. The summed E-state index contributed by atoms with van der Waals surface area (Å²) in [6.45, 7) is 9.77. The first-order valence-electron chi connectivity index (χ1n) is 6.11. The molecule has 0 saturated carbocycles. The van der Waals surface area contributed by atoms with E-state index in [1.54, 1.807) is 0 Å². The summed E-state index contributed by atoms with van der Waals surface area (Å²) in [5, 5.41) is 3.01. The number of amides is 1. The summed E-state index contributed by atoms with van der Waals surface area (Å²) in [4.78, 5) is 14.1. The summed E-state index contributed by atoms with van der Waals surface area (Å²) in [5.41, 5.74) is 5.75. The highest BCUT2D eigenvalue weighted by molar-refractivity contribution is 5.85. The van der Waals surface area contributed by atoms with E-state index in [0.717, 1.165) is 25.9 Å². The smallest absolute Gasteiger partial charge is 0.237 e. The monoisotopic (exact) mass is 263 g/mol. The number of carbonyl (C=O) groups is 1. The lowest BCUT2D eigenvalue weighted by molar-refractivity contribution is -0.127. The van der Waals surface area contributed by atoms with Crippen molar-refractivity contribution in [3.8, 4) is 0 Å². The third-order valence-corrected chi connectivity index (χ3v) is 2.91. The molecular formula is C12H26ClN3O. The molecule has 0 aromatic rings. The van der Waals surface area contributed by atoms with Gasteiger partial charge in [0, 0.05) is 18.1 Å². The molecule has 102 valence electrons. The Labute approximate surface area is 111 Å². The number of nitrogens with one attached hydrogen (secondary N) is 1. The molecule has 4 nitrogen and oxygen atoms in total. The van der Waals surface area contributed by atoms with Crippen molar-refractivity contribution in [1.29, 1.82) is 0 Å². The van der Waals surface area contributed by atoms with Gasteiger partial charge in [0.15, 0.2) is 0 Å². The van der Waals surface area contributed by atoms with E-state index in [4.69, 9.17) is 5.73 Å². The van der Waals surface area contributed by atoms with Gasteiger partial charge in [-0.15, -0.1) is 12.4 Å². The second-order valence-electron chi connectivity index (χ2n) is 5.81. The molecule has 0 radical (unpaired) electrons. The normalized spacial score (nSPS) is 23.7. The second kappa shape index (κ2) is 6.57. The fourth-order valence-corrected chi connectivity index (χ4v) is 2.03. The van der Waals surface area contributed by atoms with E-state index in [1.807, 2.05) is 27.7 Å². The van der Waals surface area contributed by atoms with Gasteiger partial charge in [0.05, 0.1) is 6.04 Å². The van der Waals surface area contributed by atoms with Crippen LogP contribution in [0.4, 0.5) is 0 Å². The van der Waals surface area contributed by atoms with Crippen LogP contribution in [-0.4, -0.2) is 41.5 Å². The molecule has 1 rings (SSSR count). The molecule has 17 heavy (non-hydrogen) atoms. The van der Waals surface area contributed by atoms with Crippen molar-refractivity contribution in [2.75, 3.05) is 13.1 Å². The predicted molar refractivity (Wildman–Crippen MR) is 73.4 cm³/mol. The number of halogens is 1. The Hall–Kier alpha value is -0.320. The minimum atomic E-state index is -0.163. The van der Waals surface area contributed by atoms with E-state index in [-0.39, 0.29) is 35.9 Å². The second-order valence-corrected chi connectivity index (χ2v) is 5.81. The number of hydrogen-bond donors (Lipinski definition) is 2. The molecule has 0 aromatic carbocycles. The van der Waals surface area contributed by atoms with E-state index in [2.05, 4.69) is 10.2 Å². The van der Waals surface area contributed by atoms with Crippen LogP contribution in [0.1, 0.15) is 40.5 Å². The maximum absolute atomic E-state index is 12.0. The highest BCUT2D eigenvalue weighted by Gasteiger charge is 2.27. The summed E-state index contributed by atoms with van der Waals surface area (Å²) < 4.78 is 0. The van der Waals surface area contributed by atoms with Crippen molar-refractivity contribution in [3.63, 3.8) is 0 Å². The molecule has 1 aliphatic rings. The number of rotatable bonds is 2. The Morgan fingerprint density at radius 3 is 2.53 bits per heavy atom. The minimum Gasteiger partial charge on any atom is -0.350 e. The zero-order chi connectivity index (χ0) is 12.3. The number of nitrogens with two attached hydrogens (primary N) is 1. The zero-order valence-corrected chi connectivity index (χ0v) is 12.1. The lowest BCUT2D eigenvalue weighted by Crippen LogP contribution is -2.54. The molecule has 0 aliphatic carbocycles. The molecule has 2 unspecified atom stereocenters. The largest absolute Gasteiger partial charge is 0.350 e. The van der Waals surface area contributed by atoms with E-state index in [1.165, 1.54) is 0 Å². The van der Waals surface area contributed by atoms with Crippen LogP contribution in [0.15, 0.2) is 0 Å². The van der Waals surface area contributed by atoms with Crippen LogP contribution in [-0.2, 0) is 4.79 Å². The maximum Gasteiger partial charge on any atom is 0.237 e. The minimum absolute atomic E-state index is 0. The van der Waals surface area contributed by atoms with Crippen LogP contribution >= 0.6 is 12.4 Å². The van der Waals surface area contributed by atoms with Gasteiger partial charge in [0.1, 0.15) is 0 Å². The van der Waals surface area contributed by atoms with Gasteiger partial charge in [-0.2, -0.15) is 0 Å². The van der Waals surface area contributed by atoms with Gasteiger partial charge in [-0.25, -0.2) is 0 Å². The lowest BCUT2D eigenvalue weighted by atomic mass is 10.0. The maximum atomic E-state index is 12.0.